The highest BCUT2D eigenvalue weighted by Crippen LogP contribution is 2.15. The van der Waals surface area contributed by atoms with E-state index in [1.807, 2.05) is 6.92 Å². The Labute approximate surface area is 80.9 Å². The van der Waals surface area contributed by atoms with Crippen molar-refractivity contribution in [1.82, 2.24) is 4.98 Å². The summed E-state index contributed by atoms with van der Waals surface area (Å²) in [4.78, 5) is 14.2. The molecule has 0 saturated carbocycles. The number of halogens is 1. The average Bonchev–Trinajstić information content (AvgIpc) is 2.15. The van der Waals surface area contributed by atoms with Crippen LogP contribution in [-0.2, 0) is 4.79 Å². The molecule has 0 aliphatic heterocycles. The van der Waals surface area contributed by atoms with Crippen molar-refractivity contribution >= 4 is 11.5 Å². The van der Waals surface area contributed by atoms with E-state index in [9.17, 15) is 9.18 Å². The summed E-state index contributed by atoms with van der Waals surface area (Å²) in [5.41, 5.74) is 1.08. The van der Waals surface area contributed by atoms with Gasteiger partial charge >= 0.3 is 5.97 Å². The Hall–Kier alpha value is -1.71. The summed E-state index contributed by atoms with van der Waals surface area (Å²) in [6, 6.07) is 2.72. The predicted molar refractivity (Wildman–Crippen MR) is 50.1 cm³/mol. The van der Waals surface area contributed by atoms with Crippen LogP contribution in [-0.4, -0.2) is 16.1 Å². The lowest BCUT2D eigenvalue weighted by atomic mass is 10.1. The normalized spacial score (nSPS) is 11.4. The van der Waals surface area contributed by atoms with Crippen LogP contribution in [0.2, 0.25) is 0 Å². The number of allylic oxidation sites excluding steroid dienone is 1. The largest absolute Gasteiger partial charge is 0.478 e. The highest BCUT2D eigenvalue weighted by molar-refractivity contribution is 5.89. The minimum absolute atomic E-state index is 0.431. The van der Waals surface area contributed by atoms with Gasteiger partial charge in [-0.05, 0) is 24.1 Å². The number of nitrogens with zero attached hydrogens (tertiary/aromatic N) is 1. The molecule has 74 valence electrons. The number of aromatic nitrogens is 1. The van der Waals surface area contributed by atoms with E-state index in [0.29, 0.717) is 17.7 Å². The lowest BCUT2D eigenvalue weighted by molar-refractivity contribution is -0.131. The summed E-state index contributed by atoms with van der Waals surface area (Å²) in [5, 5.41) is 8.55. The number of carboxylic acid groups (broad SMARTS) is 1. The van der Waals surface area contributed by atoms with Gasteiger partial charge in [0.15, 0.2) is 0 Å². The fourth-order valence-corrected chi connectivity index (χ4v) is 1.07. The number of pyridine rings is 1. The van der Waals surface area contributed by atoms with Crippen molar-refractivity contribution < 1.29 is 14.3 Å². The zero-order valence-corrected chi connectivity index (χ0v) is 7.70. The molecule has 0 radical (unpaired) electrons. The summed E-state index contributed by atoms with van der Waals surface area (Å²) in [6.07, 6.45) is 2.70. The molecule has 4 heteroatoms. The monoisotopic (exact) mass is 195 g/mol. The highest BCUT2D eigenvalue weighted by Gasteiger charge is 2.03. The Morgan fingerprint density at radius 2 is 2.36 bits per heavy atom. The van der Waals surface area contributed by atoms with Crippen LogP contribution in [0.3, 0.4) is 0 Å². The zero-order valence-electron chi connectivity index (χ0n) is 7.70. The fraction of sp³-hybridized carbons (Fsp3) is 0.200. The average molecular weight is 195 g/mol. The van der Waals surface area contributed by atoms with E-state index in [4.69, 9.17) is 5.11 Å². The maximum absolute atomic E-state index is 12.5. The van der Waals surface area contributed by atoms with Gasteiger partial charge < -0.3 is 5.11 Å². The molecular weight excluding hydrogens is 185 g/mol. The molecule has 1 aromatic rings. The Bertz CT molecular complexity index is 357. The van der Waals surface area contributed by atoms with Crippen molar-refractivity contribution in [3.63, 3.8) is 0 Å². The van der Waals surface area contributed by atoms with Crippen LogP contribution in [0, 0.1) is 5.82 Å². The molecule has 0 amide bonds. The molecule has 3 nitrogen and oxygen atoms in total. The maximum atomic E-state index is 12.5. The van der Waals surface area contributed by atoms with E-state index < -0.39 is 11.8 Å². The van der Waals surface area contributed by atoms with E-state index >= 15 is 0 Å². The third-order valence-corrected chi connectivity index (χ3v) is 1.73. The number of rotatable bonds is 3. The molecule has 0 saturated heterocycles. The van der Waals surface area contributed by atoms with E-state index in [1.54, 1.807) is 0 Å². The van der Waals surface area contributed by atoms with E-state index in [2.05, 4.69) is 4.98 Å². The van der Waals surface area contributed by atoms with E-state index in [0.717, 1.165) is 12.3 Å². The first-order chi connectivity index (χ1) is 6.63. The van der Waals surface area contributed by atoms with Crippen molar-refractivity contribution in [2.45, 2.75) is 13.3 Å². The van der Waals surface area contributed by atoms with Gasteiger partial charge in [0.2, 0.25) is 0 Å². The van der Waals surface area contributed by atoms with Crippen LogP contribution < -0.4 is 0 Å². The minimum atomic E-state index is -1.02. The van der Waals surface area contributed by atoms with Crippen molar-refractivity contribution in [2.24, 2.45) is 0 Å². The maximum Gasteiger partial charge on any atom is 0.328 e. The van der Waals surface area contributed by atoms with Crippen LogP contribution in [0.25, 0.3) is 5.57 Å². The smallest absolute Gasteiger partial charge is 0.328 e. The molecule has 0 aromatic carbocycles. The van der Waals surface area contributed by atoms with Crippen molar-refractivity contribution in [1.29, 1.82) is 0 Å². The van der Waals surface area contributed by atoms with E-state index in [-0.39, 0.29) is 0 Å². The third kappa shape index (κ3) is 2.65. The first-order valence-electron chi connectivity index (χ1n) is 4.19. The Balaban J connectivity index is 3.01. The highest BCUT2D eigenvalue weighted by atomic mass is 19.1. The molecular formula is C10H10FNO2. The molecule has 0 unspecified atom stereocenters. The molecule has 1 heterocycles. The summed E-state index contributed by atoms with van der Waals surface area (Å²) in [7, 11) is 0. The summed E-state index contributed by atoms with van der Waals surface area (Å²) >= 11 is 0. The van der Waals surface area contributed by atoms with Crippen molar-refractivity contribution in [2.75, 3.05) is 0 Å². The minimum Gasteiger partial charge on any atom is -0.478 e. The first-order valence-corrected chi connectivity index (χ1v) is 4.19. The van der Waals surface area contributed by atoms with Gasteiger partial charge in [-0.3, -0.25) is 4.98 Å². The standard InChI is InChI=1S/C10H10FNO2/c1-2-7(5-10(13)14)9-4-3-8(11)6-12-9/h3-6H,2H2,1H3,(H,13,14)/b7-5+. The molecule has 0 aliphatic rings. The molecule has 0 spiro atoms. The molecule has 1 N–H and O–H groups in total. The summed E-state index contributed by atoms with van der Waals surface area (Å²) in [5.74, 6) is -1.45. The molecule has 0 bridgehead atoms. The summed E-state index contributed by atoms with van der Waals surface area (Å²) < 4.78 is 12.5. The molecule has 0 fully saturated rings. The Morgan fingerprint density at radius 1 is 1.64 bits per heavy atom. The molecule has 0 atom stereocenters. The van der Waals surface area contributed by atoms with Crippen LogP contribution in [0.4, 0.5) is 4.39 Å². The Kier molecular flexibility index (Phi) is 3.34. The summed E-state index contributed by atoms with van der Waals surface area (Å²) in [6.45, 7) is 1.82. The molecule has 1 rings (SSSR count). The van der Waals surface area contributed by atoms with Crippen LogP contribution in [0.5, 0.6) is 0 Å². The second-order valence-electron chi connectivity index (χ2n) is 2.72. The van der Waals surface area contributed by atoms with Gasteiger partial charge in [-0.15, -0.1) is 0 Å². The first kappa shape index (κ1) is 10.4. The SMILES string of the molecule is CC/C(=C\C(=O)O)c1ccc(F)cn1. The number of hydrogen-bond acceptors (Lipinski definition) is 2. The zero-order chi connectivity index (χ0) is 10.6. The van der Waals surface area contributed by atoms with Crippen LogP contribution >= 0.6 is 0 Å². The topological polar surface area (TPSA) is 50.2 Å². The van der Waals surface area contributed by atoms with Gasteiger partial charge in [0.25, 0.3) is 0 Å². The third-order valence-electron chi connectivity index (χ3n) is 1.73. The van der Waals surface area contributed by atoms with Gasteiger partial charge in [-0.1, -0.05) is 6.92 Å². The second kappa shape index (κ2) is 4.50. The lowest BCUT2D eigenvalue weighted by Crippen LogP contribution is -1.94. The lowest BCUT2D eigenvalue weighted by Gasteiger charge is -2.01. The predicted octanol–water partition coefficient (Wildman–Crippen LogP) is 2.10. The molecule has 0 aliphatic carbocycles. The number of carboxylic acids is 1. The van der Waals surface area contributed by atoms with Gasteiger partial charge in [0, 0.05) is 6.08 Å². The fourth-order valence-electron chi connectivity index (χ4n) is 1.07. The van der Waals surface area contributed by atoms with Gasteiger partial charge in [0.1, 0.15) is 5.82 Å². The second-order valence-corrected chi connectivity index (χ2v) is 2.72. The number of hydrogen-bond donors (Lipinski definition) is 1. The Morgan fingerprint density at radius 3 is 2.79 bits per heavy atom. The van der Waals surface area contributed by atoms with Gasteiger partial charge in [-0.2, -0.15) is 0 Å². The molecule has 14 heavy (non-hydrogen) atoms. The van der Waals surface area contributed by atoms with E-state index in [1.165, 1.54) is 12.1 Å². The van der Waals surface area contributed by atoms with Crippen molar-refractivity contribution in [3.05, 3.63) is 35.9 Å². The quantitative estimate of drug-likeness (QED) is 0.751. The van der Waals surface area contributed by atoms with Crippen molar-refractivity contribution in [3.8, 4) is 0 Å². The molecule has 1 aromatic heterocycles. The van der Waals surface area contributed by atoms with Crippen LogP contribution in [0.15, 0.2) is 24.4 Å². The number of carbonyl (C=O) groups is 1. The van der Waals surface area contributed by atoms with Gasteiger partial charge in [-0.25, -0.2) is 9.18 Å². The number of aliphatic carboxylic acids is 1. The van der Waals surface area contributed by atoms with Gasteiger partial charge in [0.05, 0.1) is 11.9 Å². The van der Waals surface area contributed by atoms with Crippen LogP contribution in [0.1, 0.15) is 19.0 Å².